The SMILES string of the molecule is Cc1cc(C)c(NC(=O)N2CCOCC2C(=O)O)c(Br)c1. The summed E-state index contributed by atoms with van der Waals surface area (Å²) in [6.07, 6.45) is 0. The molecule has 1 aliphatic rings. The third-order valence-electron chi connectivity index (χ3n) is 3.34. The number of urea groups is 1. The van der Waals surface area contributed by atoms with Crippen LogP contribution in [0.15, 0.2) is 16.6 Å². The number of hydrogen-bond donors (Lipinski definition) is 2. The zero-order valence-electron chi connectivity index (χ0n) is 11.9. The van der Waals surface area contributed by atoms with Gasteiger partial charge in [0.1, 0.15) is 0 Å². The zero-order valence-corrected chi connectivity index (χ0v) is 13.4. The van der Waals surface area contributed by atoms with Gasteiger partial charge in [0.15, 0.2) is 6.04 Å². The van der Waals surface area contributed by atoms with Gasteiger partial charge in [0, 0.05) is 11.0 Å². The molecule has 21 heavy (non-hydrogen) atoms. The molecule has 1 aromatic carbocycles. The quantitative estimate of drug-likeness (QED) is 0.852. The van der Waals surface area contributed by atoms with Gasteiger partial charge in [-0.1, -0.05) is 6.07 Å². The normalized spacial score (nSPS) is 18.4. The Morgan fingerprint density at radius 3 is 2.76 bits per heavy atom. The molecule has 0 bridgehead atoms. The molecule has 7 heteroatoms. The van der Waals surface area contributed by atoms with E-state index in [0.717, 1.165) is 15.6 Å². The molecule has 114 valence electrons. The van der Waals surface area contributed by atoms with Crippen LogP contribution in [0.3, 0.4) is 0 Å². The first-order valence-electron chi connectivity index (χ1n) is 6.55. The van der Waals surface area contributed by atoms with Crippen LogP contribution in [0.2, 0.25) is 0 Å². The first-order chi connectivity index (χ1) is 9.90. The number of morpholine rings is 1. The minimum atomic E-state index is -1.07. The van der Waals surface area contributed by atoms with Gasteiger partial charge in [0.05, 0.1) is 18.9 Å². The van der Waals surface area contributed by atoms with Crippen LogP contribution in [0, 0.1) is 13.8 Å². The van der Waals surface area contributed by atoms with Gasteiger partial charge in [-0.25, -0.2) is 9.59 Å². The molecule has 2 rings (SSSR count). The van der Waals surface area contributed by atoms with Crippen molar-refractivity contribution in [2.24, 2.45) is 0 Å². The number of aliphatic carboxylic acids is 1. The van der Waals surface area contributed by atoms with E-state index in [1.54, 1.807) is 0 Å². The van der Waals surface area contributed by atoms with E-state index < -0.39 is 18.0 Å². The lowest BCUT2D eigenvalue weighted by molar-refractivity contribution is -0.147. The number of halogens is 1. The smallest absolute Gasteiger partial charge is 0.328 e. The number of anilines is 1. The number of nitrogens with zero attached hydrogens (tertiary/aromatic N) is 1. The molecule has 1 saturated heterocycles. The molecule has 1 fully saturated rings. The minimum absolute atomic E-state index is 0.0107. The van der Waals surface area contributed by atoms with Crippen LogP contribution in [-0.2, 0) is 9.53 Å². The van der Waals surface area contributed by atoms with E-state index in [4.69, 9.17) is 9.84 Å². The predicted octanol–water partition coefficient (Wildman–Crippen LogP) is 2.38. The van der Waals surface area contributed by atoms with E-state index in [9.17, 15) is 9.59 Å². The molecule has 6 nitrogen and oxygen atoms in total. The number of carboxylic acids is 1. The third-order valence-corrected chi connectivity index (χ3v) is 3.96. The average molecular weight is 357 g/mol. The van der Waals surface area contributed by atoms with Crippen molar-refractivity contribution in [3.63, 3.8) is 0 Å². The van der Waals surface area contributed by atoms with Gasteiger partial charge < -0.3 is 20.1 Å². The summed E-state index contributed by atoms with van der Waals surface area (Å²) in [6.45, 7) is 4.46. The van der Waals surface area contributed by atoms with Gasteiger partial charge in [-0.15, -0.1) is 0 Å². The molecule has 1 atom stereocenters. The summed E-state index contributed by atoms with van der Waals surface area (Å²) in [5, 5.41) is 11.9. The number of rotatable bonds is 2. The lowest BCUT2D eigenvalue weighted by Gasteiger charge is -2.33. The van der Waals surface area contributed by atoms with Gasteiger partial charge in [-0.2, -0.15) is 0 Å². The molecule has 1 heterocycles. The van der Waals surface area contributed by atoms with Gasteiger partial charge >= 0.3 is 12.0 Å². The van der Waals surface area contributed by atoms with E-state index in [2.05, 4.69) is 21.2 Å². The highest BCUT2D eigenvalue weighted by molar-refractivity contribution is 9.10. The summed E-state index contributed by atoms with van der Waals surface area (Å²) in [5.74, 6) is -1.07. The molecule has 1 unspecified atom stereocenters. The van der Waals surface area contributed by atoms with Crippen LogP contribution in [0.5, 0.6) is 0 Å². The zero-order chi connectivity index (χ0) is 15.6. The van der Waals surface area contributed by atoms with Gasteiger partial charge in [0.25, 0.3) is 0 Å². The molecule has 1 aromatic rings. The minimum Gasteiger partial charge on any atom is -0.480 e. The summed E-state index contributed by atoms with van der Waals surface area (Å²) < 4.78 is 5.90. The summed E-state index contributed by atoms with van der Waals surface area (Å²) in [5.41, 5.74) is 2.64. The van der Waals surface area contributed by atoms with Crippen molar-refractivity contribution in [3.05, 3.63) is 27.7 Å². The topological polar surface area (TPSA) is 78.9 Å². The Labute approximate surface area is 131 Å². The number of benzene rings is 1. The maximum atomic E-state index is 12.3. The first-order valence-corrected chi connectivity index (χ1v) is 7.34. The Morgan fingerprint density at radius 2 is 2.14 bits per heavy atom. The Balaban J connectivity index is 2.19. The van der Waals surface area contributed by atoms with Crippen LogP contribution in [0.1, 0.15) is 11.1 Å². The number of amides is 2. The van der Waals surface area contributed by atoms with Crippen LogP contribution in [-0.4, -0.2) is 47.8 Å². The molecule has 0 aliphatic carbocycles. The largest absolute Gasteiger partial charge is 0.480 e. The molecule has 0 saturated carbocycles. The monoisotopic (exact) mass is 356 g/mol. The second kappa shape index (κ2) is 6.44. The first kappa shape index (κ1) is 15.8. The number of aryl methyl sites for hydroxylation is 2. The van der Waals surface area contributed by atoms with E-state index in [1.807, 2.05) is 26.0 Å². The fourth-order valence-corrected chi connectivity index (χ4v) is 3.08. The number of nitrogens with one attached hydrogen (secondary N) is 1. The third kappa shape index (κ3) is 3.54. The van der Waals surface area contributed by atoms with E-state index in [1.165, 1.54) is 4.90 Å². The van der Waals surface area contributed by atoms with Crippen molar-refractivity contribution in [1.29, 1.82) is 0 Å². The van der Waals surface area contributed by atoms with Crippen LogP contribution in [0.4, 0.5) is 10.5 Å². The lowest BCUT2D eigenvalue weighted by atomic mass is 10.1. The fourth-order valence-electron chi connectivity index (χ4n) is 2.30. The summed E-state index contributed by atoms with van der Waals surface area (Å²) in [7, 11) is 0. The van der Waals surface area contributed by atoms with Crippen molar-refractivity contribution < 1.29 is 19.4 Å². The Kier molecular flexibility index (Phi) is 4.84. The molecule has 1 aliphatic heterocycles. The summed E-state index contributed by atoms with van der Waals surface area (Å²) in [6, 6.07) is 2.46. The van der Waals surface area contributed by atoms with Crippen molar-refractivity contribution in [3.8, 4) is 0 Å². The van der Waals surface area contributed by atoms with Gasteiger partial charge in [0.2, 0.25) is 0 Å². The number of carbonyl (C=O) groups excluding carboxylic acids is 1. The van der Waals surface area contributed by atoms with E-state index >= 15 is 0 Å². The second-order valence-corrected chi connectivity index (χ2v) is 5.85. The van der Waals surface area contributed by atoms with Crippen molar-refractivity contribution >= 4 is 33.6 Å². The molecule has 0 aromatic heterocycles. The number of ether oxygens (including phenoxy) is 1. The van der Waals surface area contributed by atoms with Gasteiger partial charge in [-0.05, 0) is 47.0 Å². The molecule has 0 spiro atoms. The molecule has 2 amide bonds. The van der Waals surface area contributed by atoms with E-state index in [0.29, 0.717) is 12.3 Å². The van der Waals surface area contributed by atoms with Crippen LogP contribution in [0.25, 0.3) is 0 Å². The highest BCUT2D eigenvalue weighted by atomic mass is 79.9. The molecule has 0 radical (unpaired) electrons. The maximum absolute atomic E-state index is 12.3. The second-order valence-electron chi connectivity index (χ2n) is 4.99. The van der Waals surface area contributed by atoms with Crippen LogP contribution >= 0.6 is 15.9 Å². The van der Waals surface area contributed by atoms with Crippen molar-refractivity contribution in [2.75, 3.05) is 25.1 Å². The molecule has 2 N–H and O–H groups in total. The standard InChI is InChI=1S/C14H17BrN2O4/c1-8-5-9(2)12(10(15)6-8)16-14(20)17-3-4-21-7-11(17)13(18)19/h5-6,11H,3-4,7H2,1-2H3,(H,16,20)(H,18,19). The van der Waals surface area contributed by atoms with Crippen LogP contribution < -0.4 is 5.32 Å². The summed E-state index contributed by atoms with van der Waals surface area (Å²) in [4.78, 5) is 24.8. The predicted molar refractivity (Wildman–Crippen MR) is 81.6 cm³/mol. The van der Waals surface area contributed by atoms with Gasteiger partial charge in [-0.3, -0.25) is 0 Å². The maximum Gasteiger partial charge on any atom is 0.328 e. The number of carboxylic acid groups (broad SMARTS) is 1. The molecular formula is C14H17BrN2O4. The lowest BCUT2D eigenvalue weighted by Crippen LogP contribution is -2.54. The highest BCUT2D eigenvalue weighted by Crippen LogP contribution is 2.28. The Hall–Kier alpha value is -1.60. The van der Waals surface area contributed by atoms with E-state index in [-0.39, 0.29) is 13.2 Å². The average Bonchev–Trinajstić information content (AvgIpc) is 2.42. The Bertz CT molecular complexity index is 553. The molecular weight excluding hydrogens is 340 g/mol. The van der Waals surface area contributed by atoms with Crippen molar-refractivity contribution in [1.82, 2.24) is 4.90 Å². The fraction of sp³-hybridized carbons (Fsp3) is 0.429. The Morgan fingerprint density at radius 1 is 1.43 bits per heavy atom. The number of hydrogen-bond acceptors (Lipinski definition) is 3. The summed E-state index contributed by atoms with van der Waals surface area (Å²) >= 11 is 3.42. The highest BCUT2D eigenvalue weighted by Gasteiger charge is 2.33. The number of carbonyl (C=O) groups is 2. The van der Waals surface area contributed by atoms with Crippen molar-refractivity contribution in [2.45, 2.75) is 19.9 Å².